The van der Waals surface area contributed by atoms with E-state index < -0.39 is 11.9 Å². The highest BCUT2D eigenvalue weighted by Crippen LogP contribution is 2.12. The van der Waals surface area contributed by atoms with Crippen molar-refractivity contribution < 1.29 is 18.9 Å². The number of halogens is 2. The number of rotatable bonds is 5. The van der Waals surface area contributed by atoms with Crippen molar-refractivity contribution in [2.75, 3.05) is 5.32 Å². The number of hydrogen-bond donors (Lipinski definition) is 2. The third-order valence-electron chi connectivity index (χ3n) is 3.19. The molecule has 0 aliphatic rings. The standard InChI is InChI=1S/C16H16F2N2O/c1-11(19-10-12-6-2-3-7-13(12)17)16(21)20-15-9-5-4-8-14(15)18/h2-9,11,19H,10H2,1H3,(H,20,21)/p+1/t11-/m1/s1. The molecule has 0 aromatic heterocycles. The molecule has 0 bridgehead atoms. The lowest BCUT2D eigenvalue weighted by Crippen LogP contribution is -2.90. The van der Waals surface area contributed by atoms with E-state index in [1.165, 1.54) is 18.2 Å². The second-order valence-electron chi connectivity index (χ2n) is 4.79. The molecule has 0 heterocycles. The summed E-state index contributed by atoms with van der Waals surface area (Å²) in [5, 5.41) is 4.22. The van der Waals surface area contributed by atoms with Crippen LogP contribution < -0.4 is 10.6 Å². The predicted octanol–water partition coefficient (Wildman–Crippen LogP) is 2.06. The van der Waals surface area contributed by atoms with Crippen LogP contribution in [0.5, 0.6) is 0 Å². The molecule has 0 saturated heterocycles. The summed E-state index contributed by atoms with van der Waals surface area (Å²) in [7, 11) is 0. The molecular weight excluding hydrogens is 274 g/mol. The van der Waals surface area contributed by atoms with Crippen LogP contribution in [-0.4, -0.2) is 11.9 Å². The number of anilines is 1. The molecule has 0 saturated carbocycles. The van der Waals surface area contributed by atoms with Crippen molar-refractivity contribution in [1.82, 2.24) is 0 Å². The summed E-state index contributed by atoms with van der Waals surface area (Å²) in [4.78, 5) is 12.0. The number of amides is 1. The maximum Gasteiger partial charge on any atom is 0.282 e. The Balaban J connectivity index is 1.91. The number of carbonyl (C=O) groups excluding carboxylic acids is 1. The predicted molar refractivity (Wildman–Crippen MR) is 76.5 cm³/mol. The van der Waals surface area contributed by atoms with Gasteiger partial charge in [0.25, 0.3) is 5.91 Å². The van der Waals surface area contributed by atoms with Gasteiger partial charge >= 0.3 is 0 Å². The van der Waals surface area contributed by atoms with E-state index in [0.717, 1.165) is 0 Å². The smallest absolute Gasteiger partial charge is 0.282 e. The van der Waals surface area contributed by atoms with Gasteiger partial charge in [-0.25, -0.2) is 8.78 Å². The average Bonchev–Trinajstić information content (AvgIpc) is 2.48. The highest BCUT2D eigenvalue weighted by atomic mass is 19.1. The fraction of sp³-hybridized carbons (Fsp3) is 0.188. The minimum Gasteiger partial charge on any atom is -0.332 e. The van der Waals surface area contributed by atoms with Crippen molar-refractivity contribution in [1.29, 1.82) is 0 Å². The van der Waals surface area contributed by atoms with E-state index in [4.69, 9.17) is 0 Å². The molecule has 3 nitrogen and oxygen atoms in total. The van der Waals surface area contributed by atoms with E-state index in [1.54, 1.807) is 42.6 Å². The highest BCUT2D eigenvalue weighted by molar-refractivity contribution is 5.93. The molecule has 0 unspecified atom stereocenters. The Morgan fingerprint density at radius 1 is 1.10 bits per heavy atom. The van der Waals surface area contributed by atoms with Gasteiger partial charge in [0.2, 0.25) is 0 Å². The molecule has 0 spiro atoms. The van der Waals surface area contributed by atoms with Crippen LogP contribution in [0.2, 0.25) is 0 Å². The summed E-state index contributed by atoms with van der Waals surface area (Å²) >= 11 is 0. The van der Waals surface area contributed by atoms with Crippen molar-refractivity contribution in [3.8, 4) is 0 Å². The number of para-hydroxylation sites is 1. The summed E-state index contributed by atoms with van der Waals surface area (Å²) in [6, 6.07) is 11.9. The summed E-state index contributed by atoms with van der Waals surface area (Å²) in [5.74, 6) is -1.10. The zero-order chi connectivity index (χ0) is 15.2. The summed E-state index contributed by atoms with van der Waals surface area (Å²) < 4.78 is 26.9. The minimum absolute atomic E-state index is 0.147. The molecular formula is C16H17F2N2O+. The molecule has 1 atom stereocenters. The number of quaternary nitrogens is 1. The molecule has 3 N–H and O–H groups in total. The van der Waals surface area contributed by atoms with Crippen LogP contribution in [-0.2, 0) is 11.3 Å². The first-order valence-electron chi connectivity index (χ1n) is 6.70. The lowest BCUT2D eigenvalue weighted by molar-refractivity contribution is -0.688. The Morgan fingerprint density at radius 3 is 2.38 bits per heavy atom. The number of carbonyl (C=O) groups is 1. The van der Waals surface area contributed by atoms with Gasteiger partial charge in [0.05, 0.1) is 5.69 Å². The molecule has 1 amide bonds. The lowest BCUT2D eigenvalue weighted by atomic mass is 10.2. The van der Waals surface area contributed by atoms with Crippen molar-refractivity contribution >= 4 is 11.6 Å². The molecule has 21 heavy (non-hydrogen) atoms. The van der Waals surface area contributed by atoms with E-state index in [1.807, 2.05) is 0 Å². The van der Waals surface area contributed by atoms with Gasteiger partial charge in [-0.2, -0.15) is 0 Å². The normalized spacial score (nSPS) is 12.0. The molecule has 0 radical (unpaired) electrons. The summed E-state index contributed by atoms with van der Waals surface area (Å²) in [6.45, 7) is 2.04. The van der Waals surface area contributed by atoms with Crippen LogP contribution in [0.25, 0.3) is 0 Å². The van der Waals surface area contributed by atoms with E-state index in [-0.39, 0.29) is 17.4 Å². The molecule has 2 aromatic carbocycles. The van der Waals surface area contributed by atoms with E-state index in [9.17, 15) is 13.6 Å². The number of nitrogens with one attached hydrogen (secondary N) is 1. The minimum atomic E-state index is -0.479. The number of nitrogens with two attached hydrogens (primary N) is 1. The zero-order valence-corrected chi connectivity index (χ0v) is 11.6. The van der Waals surface area contributed by atoms with Gasteiger partial charge in [0.1, 0.15) is 18.2 Å². The van der Waals surface area contributed by atoms with Crippen LogP contribution in [0.1, 0.15) is 12.5 Å². The van der Waals surface area contributed by atoms with Gasteiger partial charge in [0, 0.05) is 5.56 Å². The fourth-order valence-corrected chi connectivity index (χ4v) is 1.88. The molecule has 0 aliphatic heterocycles. The summed E-state index contributed by atoms with van der Waals surface area (Å²) in [6.07, 6.45) is 0. The fourth-order valence-electron chi connectivity index (χ4n) is 1.88. The molecule has 2 aromatic rings. The van der Waals surface area contributed by atoms with Gasteiger partial charge in [-0.1, -0.05) is 30.3 Å². The highest BCUT2D eigenvalue weighted by Gasteiger charge is 2.18. The SMILES string of the molecule is C[C@@H]([NH2+]Cc1ccccc1F)C(=O)Nc1ccccc1F. The van der Waals surface area contributed by atoms with Gasteiger partial charge < -0.3 is 10.6 Å². The first-order valence-corrected chi connectivity index (χ1v) is 6.70. The van der Waals surface area contributed by atoms with Crippen molar-refractivity contribution in [2.45, 2.75) is 19.5 Å². The largest absolute Gasteiger partial charge is 0.332 e. The Labute approximate surface area is 122 Å². The van der Waals surface area contributed by atoms with Crippen molar-refractivity contribution in [3.63, 3.8) is 0 Å². The molecule has 0 aliphatic carbocycles. The van der Waals surface area contributed by atoms with Gasteiger partial charge in [-0.3, -0.25) is 4.79 Å². The van der Waals surface area contributed by atoms with Crippen LogP contribution >= 0.6 is 0 Å². The van der Waals surface area contributed by atoms with Crippen molar-refractivity contribution in [2.24, 2.45) is 0 Å². The quantitative estimate of drug-likeness (QED) is 0.870. The van der Waals surface area contributed by atoms with Gasteiger partial charge in [-0.05, 0) is 25.1 Å². The second kappa shape index (κ2) is 6.95. The van der Waals surface area contributed by atoms with Crippen molar-refractivity contribution in [3.05, 3.63) is 65.7 Å². The number of benzene rings is 2. The van der Waals surface area contributed by atoms with E-state index in [0.29, 0.717) is 12.1 Å². The van der Waals surface area contributed by atoms with Gasteiger partial charge in [0.15, 0.2) is 6.04 Å². The monoisotopic (exact) mass is 291 g/mol. The Bertz CT molecular complexity index is 631. The van der Waals surface area contributed by atoms with E-state index >= 15 is 0 Å². The average molecular weight is 291 g/mol. The lowest BCUT2D eigenvalue weighted by Gasteiger charge is -2.12. The molecule has 5 heteroatoms. The van der Waals surface area contributed by atoms with E-state index in [2.05, 4.69) is 5.32 Å². The first kappa shape index (κ1) is 15.1. The molecule has 2 rings (SSSR count). The third kappa shape index (κ3) is 4.10. The van der Waals surface area contributed by atoms with Crippen LogP contribution in [0.3, 0.4) is 0 Å². The summed E-state index contributed by atoms with van der Waals surface area (Å²) in [5.41, 5.74) is 0.677. The first-order chi connectivity index (χ1) is 10.1. The topological polar surface area (TPSA) is 45.7 Å². The van der Waals surface area contributed by atoms with Crippen LogP contribution in [0.15, 0.2) is 48.5 Å². The maximum atomic E-state index is 13.5. The van der Waals surface area contributed by atoms with Gasteiger partial charge in [-0.15, -0.1) is 0 Å². The molecule has 0 fully saturated rings. The number of hydrogen-bond acceptors (Lipinski definition) is 1. The second-order valence-corrected chi connectivity index (χ2v) is 4.79. The zero-order valence-electron chi connectivity index (χ0n) is 11.6. The third-order valence-corrected chi connectivity index (χ3v) is 3.19. The Kier molecular flexibility index (Phi) is 5.00. The maximum absolute atomic E-state index is 13.5. The van der Waals surface area contributed by atoms with Crippen LogP contribution in [0, 0.1) is 11.6 Å². The van der Waals surface area contributed by atoms with Crippen LogP contribution in [0.4, 0.5) is 14.5 Å². The molecule has 110 valence electrons. The Morgan fingerprint density at radius 2 is 1.71 bits per heavy atom. The Hall–Kier alpha value is -2.27.